The van der Waals surface area contributed by atoms with Crippen LogP contribution in [0.2, 0.25) is 0 Å². The number of fused-ring (bicyclic) bond motifs is 1. The molecule has 1 heterocycles. The molecule has 4 nitrogen and oxygen atoms in total. The van der Waals surface area contributed by atoms with Gasteiger partial charge in [0.2, 0.25) is 5.91 Å². The van der Waals surface area contributed by atoms with Gasteiger partial charge in [-0.15, -0.1) is 0 Å². The summed E-state index contributed by atoms with van der Waals surface area (Å²) in [6.45, 7) is 11.1. The van der Waals surface area contributed by atoms with Gasteiger partial charge in [0.1, 0.15) is 0 Å². The highest BCUT2D eigenvalue weighted by molar-refractivity contribution is 5.83. The lowest BCUT2D eigenvalue weighted by Crippen LogP contribution is -2.49. The molecule has 2 aliphatic rings. The minimum atomic E-state index is -0.436. The molecule has 0 aromatic heterocycles. The Balaban J connectivity index is 2.06. The van der Waals surface area contributed by atoms with E-state index in [1.165, 1.54) is 0 Å². The van der Waals surface area contributed by atoms with Gasteiger partial charge < -0.3 is 5.73 Å². The van der Waals surface area contributed by atoms with Gasteiger partial charge in [-0.25, -0.2) is 6.57 Å². The van der Waals surface area contributed by atoms with Gasteiger partial charge in [-0.2, -0.15) is 0 Å². The number of piperidine rings is 1. The molecule has 1 saturated heterocycles. The van der Waals surface area contributed by atoms with Crippen molar-refractivity contribution in [1.29, 1.82) is 0 Å². The van der Waals surface area contributed by atoms with Crippen LogP contribution < -0.4 is 5.73 Å². The van der Waals surface area contributed by atoms with Crippen LogP contribution in [-0.4, -0.2) is 29.1 Å². The average Bonchev–Trinajstić information content (AvgIpc) is 2.97. The Labute approximate surface area is 96.6 Å². The van der Waals surface area contributed by atoms with Gasteiger partial charge in [0.15, 0.2) is 0 Å². The first-order valence-electron chi connectivity index (χ1n) is 6.04. The highest BCUT2D eigenvalue weighted by Gasteiger charge is 2.57. The SMILES string of the molecule is [C-]#[N+][C@@H]1CC2CC2N1C(=O)[C@@H](N)C(C)CC. The standard InChI is InChI=1S/C12H19N3O/c1-4-7(2)11(13)12(16)15-9-5-8(9)6-10(15)14-3/h7-11H,4-6,13H2,1-2H3/t7?,8?,9?,10-,11-/m0/s1. The van der Waals surface area contributed by atoms with E-state index in [-0.39, 0.29) is 18.0 Å². The normalized spacial score (nSPS) is 35.1. The van der Waals surface area contributed by atoms with E-state index in [1.54, 1.807) is 4.90 Å². The summed E-state index contributed by atoms with van der Waals surface area (Å²) in [6.07, 6.45) is 2.58. The van der Waals surface area contributed by atoms with Crippen molar-refractivity contribution in [2.24, 2.45) is 17.6 Å². The molecule has 0 radical (unpaired) electrons. The van der Waals surface area contributed by atoms with Crippen LogP contribution in [0.4, 0.5) is 0 Å². The topological polar surface area (TPSA) is 50.7 Å². The number of rotatable bonds is 3. The van der Waals surface area contributed by atoms with Gasteiger partial charge in [0.25, 0.3) is 0 Å². The molecule has 4 heteroatoms. The number of amides is 1. The van der Waals surface area contributed by atoms with E-state index in [9.17, 15) is 4.79 Å². The molecule has 88 valence electrons. The second kappa shape index (κ2) is 4.06. The monoisotopic (exact) mass is 221 g/mol. The number of carbonyl (C=O) groups is 1. The third-order valence-electron chi connectivity index (χ3n) is 4.02. The van der Waals surface area contributed by atoms with Crippen molar-refractivity contribution in [3.63, 3.8) is 0 Å². The summed E-state index contributed by atoms with van der Waals surface area (Å²) in [5, 5.41) is 0. The molecular weight excluding hydrogens is 202 g/mol. The number of nitrogens with two attached hydrogens (primary N) is 1. The van der Waals surface area contributed by atoms with Crippen LogP contribution in [0.1, 0.15) is 33.1 Å². The third kappa shape index (κ3) is 1.69. The van der Waals surface area contributed by atoms with E-state index in [0.717, 1.165) is 19.3 Å². The van der Waals surface area contributed by atoms with Crippen molar-refractivity contribution in [1.82, 2.24) is 4.90 Å². The van der Waals surface area contributed by atoms with E-state index in [1.807, 2.05) is 13.8 Å². The fourth-order valence-corrected chi connectivity index (χ4v) is 2.53. The van der Waals surface area contributed by atoms with Gasteiger partial charge >= 0.3 is 6.17 Å². The zero-order valence-electron chi connectivity index (χ0n) is 9.89. The summed E-state index contributed by atoms with van der Waals surface area (Å²) in [5.74, 6) is 0.754. The van der Waals surface area contributed by atoms with Crippen LogP contribution in [0.3, 0.4) is 0 Å². The molecule has 0 spiro atoms. The Morgan fingerprint density at radius 2 is 2.31 bits per heavy atom. The Morgan fingerprint density at radius 1 is 1.62 bits per heavy atom. The number of hydrogen-bond acceptors (Lipinski definition) is 2. The second-order valence-electron chi connectivity index (χ2n) is 5.07. The molecule has 1 amide bonds. The summed E-state index contributed by atoms with van der Waals surface area (Å²) in [5.41, 5.74) is 5.95. The third-order valence-corrected chi connectivity index (χ3v) is 4.02. The van der Waals surface area contributed by atoms with Crippen molar-refractivity contribution in [2.45, 2.75) is 51.4 Å². The molecule has 2 rings (SSSR count). The van der Waals surface area contributed by atoms with Crippen LogP contribution in [0.25, 0.3) is 4.85 Å². The van der Waals surface area contributed by atoms with Gasteiger partial charge in [-0.05, 0) is 18.3 Å². The minimum absolute atomic E-state index is 0.0136. The number of hydrogen-bond donors (Lipinski definition) is 1. The molecule has 5 atom stereocenters. The molecule has 3 unspecified atom stereocenters. The predicted octanol–water partition coefficient (Wildman–Crippen LogP) is 1.23. The summed E-state index contributed by atoms with van der Waals surface area (Å²) < 4.78 is 0. The molecule has 0 bridgehead atoms. The van der Waals surface area contributed by atoms with E-state index < -0.39 is 6.04 Å². The van der Waals surface area contributed by atoms with Gasteiger partial charge in [0, 0.05) is 12.5 Å². The van der Waals surface area contributed by atoms with Gasteiger partial charge in [-0.1, -0.05) is 20.3 Å². The largest absolute Gasteiger partial charge is 0.320 e. The van der Waals surface area contributed by atoms with Crippen LogP contribution in [0, 0.1) is 18.4 Å². The molecule has 0 aromatic rings. The lowest BCUT2D eigenvalue weighted by atomic mass is 9.99. The molecule has 16 heavy (non-hydrogen) atoms. The zero-order valence-corrected chi connectivity index (χ0v) is 9.89. The summed E-state index contributed by atoms with van der Waals surface area (Å²) in [6, 6.07) is -0.115. The fraction of sp³-hybridized carbons (Fsp3) is 0.833. The first kappa shape index (κ1) is 11.4. The molecular formula is C12H19N3O. The maximum absolute atomic E-state index is 12.2. The average molecular weight is 221 g/mol. The summed E-state index contributed by atoms with van der Waals surface area (Å²) >= 11 is 0. The zero-order chi connectivity index (χ0) is 11.9. The van der Waals surface area contributed by atoms with Crippen molar-refractivity contribution in [3.05, 3.63) is 11.4 Å². The molecule has 2 fully saturated rings. The highest BCUT2D eigenvalue weighted by atomic mass is 16.2. The minimum Gasteiger partial charge on any atom is -0.320 e. The van der Waals surface area contributed by atoms with Crippen LogP contribution in [0.15, 0.2) is 0 Å². The van der Waals surface area contributed by atoms with Crippen molar-refractivity contribution < 1.29 is 4.79 Å². The van der Waals surface area contributed by atoms with Gasteiger partial charge in [-0.3, -0.25) is 14.5 Å². The lowest BCUT2D eigenvalue weighted by molar-refractivity contribution is -0.134. The molecule has 0 aromatic carbocycles. The first-order chi connectivity index (χ1) is 7.60. The Hall–Kier alpha value is -1.08. The maximum atomic E-state index is 12.2. The quantitative estimate of drug-likeness (QED) is 0.729. The van der Waals surface area contributed by atoms with Crippen LogP contribution >= 0.6 is 0 Å². The van der Waals surface area contributed by atoms with E-state index >= 15 is 0 Å². The Kier molecular flexibility index (Phi) is 2.90. The van der Waals surface area contributed by atoms with Crippen molar-refractivity contribution in [3.8, 4) is 0 Å². The van der Waals surface area contributed by atoms with Crippen molar-refractivity contribution in [2.75, 3.05) is 0 Å². The number of likely N-dealkylation sites (tertiary alicyclic amines) is 1. The van der Waals surface area contributed by atoms with E-state index in [2.05, 4.69) is 4.85 Å². The van der Waals surface area contributed by atoms with Gasteiger partial charge in [0.05, 0.1) is 6.04 Å². The van der Waals surface area contributed by atoms with Crippen LogP contribution in [0.5, 0.6) is 0 Å². The highest BCUT2D eigenvalue weighted by Crippen LogP contribution is 2.48. The van der Waals surface area contributed by atoms with Crippen LogP contribution in [-0.2, 0) is 4.79 Å². The summed E-state index contributed by atoms with van der Waals surface area (Å²) in [7, 11) is 0. The van der Waals surface area contributed by atoms with Crippen molar-refractivity contribution >= 4 is 5.91 Å². The molecule has 2 N–H and O–H groups in total. The Bertz CT molecular complexity index is 336. The predicted molar refractivity (Wildman–Crippen MR) is 61.2 cm³/mol. The fourth-order valence-electron chi connectivity index (χ4n) is 2.53. The number of carbonyl (C=O) groups excluding carboxylic acids is 1. The van der Waals surface area contributed by atoms with E-state index in [4.69, 9.17) is 12.3 Å². The molecule has 1 saturated carbocycles. The Morgan fingerprint density at radius 3 is 2.88 bits per heavy atom. The first-order valence-corrected chi connectivity index (χ1v) is 6.04. The molecule has 1 aliphatic heterocycles. The second-order valence-corrected chi connectivity index (χ2v) is 5.07. The maximum Gasteiger partial charge on any atom is 0.301 e. The lowest BCUT2D eigenvalue weighted by Gasteiger charge is -2.25. The van der Waals surface area contributed by atoms with E-state index in [0.29, 0.717) is 12.0 Å². The summed E-state index contributed by atoms with van der Waals surface area (Å²) in [4.78, 5) is 17.5. The smallest absolute Gasteiger partial charge is 0.301 e. The number of nitrogens with zero attached hydrogens (tertiary/aromatic N) is 2. The molecule has 1 aliphatic carbocycles.